The molecule has 1 aromatic rings. The second-order valence-corrected chi connectivity index (χ2v) is 5.82. The zero-order valence-corrected chi connectivity index (χ0v) is 13.4. The normalized spacial score (nSPS) is 18.5. The maximum absolute atomic E-state index is 12.6. The first-order chi connectivity index (χ1) is 10.4. The van der Waals surface area contributed by atoms with Crippen molar-refractivity contribution in [1.82, 2.24) is 24.6 Å². The Bertz CT molecular complexity index is 541. The average Bonchev–Trinajstić information content (AvgIpc) is 2.97. The monoisotopic (exact) mass is 308 g/mol. The van der Waals surface area contributed by atoms with Crippen LogP contribution in [0.4, 0.5) is 4.79 Å². The second kappa shape index (κ2) is 6.76. The summed E-state index contributed by atoms with van der Waals surface area (Å²) in [7, 11) is 0. The molecule has 3 amide bonds. The number of urea groups is 1. The highest BCUT2D eigenvalue weighted by Crippen LogP contribution is 2.22. The molecule has 1 aliphatic heterocycles. The van der Waals surface area contributed by atoms with E-state index in [1.165, 1.54) is 6.33 Å². The van der Waals surface area contributed by atoms with Crippen molar-refractivity contribution >= 4 is 11.9 Å². The van der Waals surface area contributed by atoms with Crippen LogP contribution in [0.5, 0.6) is 0 Å². The van der Waals surface area contributed by atoms with Crippen LogP contribution in [0.25, 0.3) is 0 Å². The van der Waals surface area contributed by atoms with Crippen LogP contribution >= 0.6 is 0 Å². The smallest absolute Gasteiger partial charge is 0.320 e. The predicted octanol–water partition coefficient (Wildman–Crippen LogP) is 0.864. The van der Waals surface area contributed by atoms with Gasteiger partial charge >= 0.3 is 6.03 Å². The Kier molecular flexibility index (Phi) is 4.99. The molecule has 2 N–H and O–H groups in total. The molecule has 2 heterocycles. The summed E-state index contributed by atoms with van der Waals surface area (Å²) < 4.78 is 1.64. The van der Waals surface area contributed by atoms with Gasteiger partial charge in [-0.2, -0.15) is 0 Å². The fourth-order valence-corrected chi connectivity index (χ4v) is 2.81. The van der Waals surface area contributed by atoms with Gasteiger partial charge in [-0.3, -0.25) is 4.79 Å². The van der Waals surface area contributed by atoms with Gasteiger partial charge in [0.25, 0.3) is 5.91 Å². The first-order valence-corrected chi connectivity index (χ1v) is 7.70. The average molecular weight is 308 g/mol. The van der Waals surface area contributed by atoms with Crippen molar-refractivity contribution in [2.24, 2.45) is 5.73 Å². The topological polar surface area (TPSA) is 97.4 Å². The van der Waals surface area contributed by atoms with Gasteiger partial charge in [0.15, 0.2) is 0 Å². The quantitative estimate of drug-likeness (QED) is 0.892. The standard InChI is InChI=1S/C14H24N6O2/c1-4-19(10(2)3)14(22)18-7-5-6-11(8-18)20-9-16-13(17-20)12(15)21/h9-11H,4-8H2,1-3H3,(H2,15,21)/t11-/m1/s1. The fraction of sp³-hybridized carbons (Fsp3) is 0.714. The number of rotatable bonds is 4. The largest absolute Gasteiger partial charge is 0.363 e. The fourth-order valence-electron chi connectivity index (χ4n) is 2.81. The maximum atomic E-state index is 12.6. The number of hydrogen-bond acceptors (Lipinski definition) is 4. The third-order valence-corrected chi connectivity index (χ3v) is 3.98. The summed E-state index contributed by atoms with van der Waals surface area (Å²) in [5.41, 5.74) is 5.17. The van der Waals surface area contributed by atoms with Crippen molar-refractivity contribution < 1.29 is 9.59 Å². The van der Waals surface area contributed by atoms with E-state index in [-0.39, 0.29) is 23.9 Å². The summed E-state index contributed by atoms with van der Waals surface area (Å²) in [4.78, 5) is 31.3. The molecule has 0 aromatic carbocycles. The van der Waals surface area contributed by atoms with E-state index in [9.17, 15) is 9.59 Å². The van der Waals surface area contributed by atoms with Crippen molar-refractivity contribution in [3.8, 4) is 0 Å². The zero-order chi connectivity index (χ0) is 16.3. The minimum atomic E-state index is -0.639. The maximum Gasteiger partial charge on any atom is 0.320 e. The van der Waals surface area contributed by atoms with Crippen molar-refractivity contribution in [3.05, 3.63) is 12.2 Å². The Hall–Kier alpha value is -2.12. The summed E-state index contributed by atoms with van der Waals surface area (Å²) >= 11 is 0. The first kappa shape index (κ1) is 16.3. The molecule has 1 aliphatic rings. The highest BCUT2D eigenvalue weighted by molar-refractivity contribution is 5.88. The Labute approximate surface area is 130 Å². The number of carbonyl (C=O) groups is 2. The summed E-state index contributed by atoms with van der Waals surface area (Å²) in [6.07, 6.45) is 3.32. The van der Waals surface area contributed by atoms with E-state index in [1.54, 1.807) is 4.68 Å². The van der Waals surface area contributed by atoms with Crippen molar-refractivity contribution in [2.45, 2.75) is 45.7 Å². The molecule has 8 heteroatoms. The van der Waals surface area contributed by atoms with E-state index in [2.05, 4.69) is 10.1 Å². The predicted molar refractivity (Wildman–Crippen MR) is 81.3 cm³/mol. The SMILES string of the molecule is CCN(C(=O)N1CCC[C@@H](n2cnc(C(N)=O)n2)C1)C(C)C. The van der Waals surface area contributed by atoms with Gasteiger partial charge in [0.1, 0.15) is 6.33 Å². The van der Waals surface area contributed by atoms with Crippen LogP contribution in [0.1, 0.15) is 50.3 Å². The summed E-state index contributed by atoms with van der Waals surface area (Å²) in [6, 6.07) is 0.257. The highest BCUT2D eigenvalue weighted by atomic mass is 16.2. The molecular weight excluding hydrogens is 284 g/mol. The van der Waals surface area contributed by atoms with Gasteiger partial charge in [-0.1, -0.05) is 0 Å². The second-order valence-electron chi connectivity index (χ2n) is 5.82. The molecular formula is C14H24N6O2. The number of piperidine rings is 1. The molecule has 8 nitrogen and oxygen atoms in total. The molecule has 22 heavy (non-hydrogen) atoms. The summed E-state index contributed by atoms with van der Waals surface area (Å²) in [5.74, 6) is -0.625. The molecule has 0 aliphatic carbocycles. The van der Waals surface area contributed by atoms with Crippen LogP contribution in [-0.2, 0) is 0 Å². The zero-order valence-electron chi connectivity index (χ0n) is 13.4. The molecule has 0 radical (unpaired) electrons. The molecule has 2 rings (SSSR count). The lowest BCUT2D eigenvalue weighted by molar-refractivity contribution is 0.0987. The van der Waals surface area contributed by atoms with Gasteiger partial charge < -0.3 is 15.5 Å². The van der Waals surface area contributed by atoms with Gasteiger partial charge in [0.05, 0.1) is 6.04 Å². The lowest BCUT2D eigenvalue weighted by atomic mass is 10.1. The minimum Gasteiger partial charge on any atom is -0.363 e. The van der Waals surface area contributed by atoms with E-state index in [4.69, 9.17) is 5.73 Å². The molecule has 0 bridgehead atoms. The number of nitrogens with two attached hydrogens (primary N) is 1. The highest BCUT2D eigenvalue weighted by Gasteiger charge is 2.29. The van der Waals surface area contributed by atoms with Crippen LogP contribution in [0.3, 0.4) is 0 Å². The van der Waals surface area contributed by atoms with Gasteiger partial charge in [0.2, 0.25) is 5.82 Å². The lowest BCUT2D eigenvalue weighted by Crippen LogP contribution is -2.50. The lowest BCUT2D eigenvalue weighted by Gasteiger charge is -2.37. The van der Waals surface area contributed by atoms with Gasteiger partial charge in [0, 0.05) is 25.7 Å². The Morgan fingerprint density at radius 3 is 2.77 bits per heavy atom. The Morgan fingerprint density at radius 1 is 1.50 bits per heavy atom. The summed E-state index contributed by atoms with van der Waals surface area (Å²) in [5, 5.41) is 4.11. The van der Waals surface area contributed by atoms with Crippen LogP contribution in [-0.4, -0.2) is 62.2 Å². The van der Waals surface area contributed by atoms with Crippen molar-refractivity contribution in [3.63, 3.8) is 0 Å². The van der Waals surface area contributed by atoms with Crippen LogP contribution < -0.4 is 5.73 Å². The molecule has 1 atom stereocenters. The number of aromatic nitrogens is 3. The molecule has 1 aromatic heterocycles. The van der Waals surface area contributed by atoms with E-state index < -0.39 is 5.91 Å². The number of amides is 3. The number of primary amides is 1. The molecule has 0 spiro atoms. The van der Waals surface area contributed by atoms with Crippen LogP contribution in [0.15, 0.2) is 6.33 Å². The van der Waals surface area contributed by atoms with Crippen LogP contribution in [0.2, 0.25) is 0 Å². The third kappa shape index (κ3) is 3.37. The number of likely N-dealkylation sites (tertiary alicyclic amines) is 1. The van der Waals surface area contributed by atoms with Crippen molar-refractivity contribution in [1.29, 1.82) is 0 Å². The number of carbonyl (C=O) groups excluding carboxylic acids is 2. The molecule has 0 unspecified atom stereocenters. The van der Waals surface area contributed by atoms with Crippen LogP contribution in [0, 0.1) is 0 Å². The molecule has 1 fully saturated rings. The Morgan fingerprint density at radius 2 is 2.23 bits per heavy atom. The third-order valence-electron chi connectivity index (χ3n) is 3.98. The van der Waals surface area contributed by atoms with E-state index in [0.29, 0.717) is 13.1 Å². The van der Waals surface area contributed by atoms with Gasteiger partial charge in [-0.05, 0) is 33.6 Å². The van der Waals surface area contributed by atoms with Crippen molar-refractivity contribution in [2.75, 3.05) is 19.6 Å². The summed E-state index contributed by atoms with van der Waals surface area (Å²) in [6.45, 7) is 8.01. The first-order valence-electron chi connectivity index (χ1n) is 7.70. The van der Waals surface area contributed by atoms with E-state index in [0.717, 1.165) is 19.4 Å². The van der Waals surface area contributed by atoms with Gasteiger partial charge in [-0.25, -0.2) is 14.5 Å². The molecule has 1 saturated heterocycles. The number of nitrogens with zero attached hydrogens (tertiary/aromatic N) is 5. The molecule has 0 saturated carbocycles. The minimum absolute atomic E-state index is 0.0146. The van der Waals surface area contributed by atoms with E-state index in [1.807, 2.05) is 30.6 Å². The molecule has 122 valence electrons. The van der Waals surface area contributed by atoms with Gasteiger partial charge in [-0.15, -0.1) is 5.10 Å². The number of hydrogen-bond donors (Lipinski definition) is 1. The Balaban J connectivity index is 2.07. The van der Waals surface area contributed by atoms with E-state index >= 15 is 0 Å².